The molecule has 0 spiro atoms. The molecule has 0 saturated carbocycles. The molecule has 2 nitrogen and oxygen atoms in total. The molecule has 0 saturated heterocycles. The Kier molecular flexibility index (Phi) is 9.71. The molecule has 0 radical (unpaired) electrons. The van der Waals surface area contributed by atoms with Crippen molar-refractivity contribution in [2.75, 3.05) is 0 Å². The lowest BCUT2D eigenvalue weighted by atomic mass is 9.89. The Hall–Kier alpha value is -2.09. The zero-order chi connectivity index (χ0) is 18.9. The van der Waals surface area contributed by atoms with Gasteiger partial charge in [-0.1, -0.05) is 58.0 Å². The number of rotatable bonds is 3. The Labute approximate surface area is 147 Å². The van der Waals surface area contributed by atoms with Crippen molar-refractivity contribution in [3.8, 4) is 5.75 Å². The SMILES string of the molecule is CC.CC.Cc1c(C)c(C)c(C(=O)Cc2ccccc2)c(O)c1C. The predicted octanol–water partition coefficient (Wildman–Crippen LogP) is 6.10. The van der Waals surface area contributed by atoms with Crippen molar-refractivity contribution in [3.05, 3.63) is 63.7 Å². The highest BCUT2D eigenvalue weighted by Crippen LogP contribution is 2.32. The maximum absolute atomic E-state index is 12.5. The van der Waals surface area contributed by atoms with Crippen LogP contribution in [0.3, 0.4) is 0 Å². The van der Waals surface area contributed by atoms with Crippen molar-refractivity contribution in [2.24, 2.45) is 0 Å². The standard InChI is InChI=1S/C18H20O2.2C2H6/c1-11-12(2)14(4)18(20)17(13(11)3)16(19)10-15-8-6-5-7-9-15;2*1-2/h5-9,20H,10H2,1-4H3;2*1-2H3. The fraction of sp³-hybridized carbons (Fsp3) is 0.409. The maximum atomic E-state index is 12.5. The minimum absolute atomic E-state index is 0.0302. The summed E-state index contributed by atoms with van der Waals surface area (Å²) in [6, 6.07) is 9.62. The van der Waals surface area contributed by atoms with Crippen LogP contribution >= 0.6 is 0 Å². The summed E-state index contributed by atoms with van der Waals surface area (Å²) in [5, 5.41) is 10.3. The minimum atomic E-state index is -0.0302. The lowest BCUT2D eigenvalue weighted by Gasteiger charge is -2.16. The van der Waals surface area contributed by atoms with Gasteiger partial charge >= 0.3 is 0 Å². The van der Waals surface area contributed by atoms with Crippen LogP contribution in [0.2, 0.25) is 0 Å². The van der Waals surface area contributed by atoms with E-state index in [2.05, 4.69) is 0 Å². The summed E-state index contributed by atoms with van der Waals surface area (Å²) >= 11 is 0. The van der Waals surface area contributed by atoms with E-state index in [1.165, 1.54) is 0 Å². The lowest BCUT2D eigenvalue weighted by molar-refractivity contribution is 0.0989. The Morgan fingerprint density at radius 1 is 0.792 bits per heavy atom. The van der Waals surface area contributed by atoms with Crippen molar-refractivity contribution in [3.63, 3.8) is 0 Å². The second kappa shape index (κ2) is 10.6. The fourth-order valence-corrected chi connectivity index (χ4v) is 2.50. The summed E-state index contributed by atoms with van der Waals surface area (Å²) in [5.41, 5.74) is 5.24. The number of carbonyl (C=O) groups is 1. The quantitative estimate of drug-likeness (QED) is 0.691. The van der Waals surface area contributed by atoms with Crippen molar-refractivity contribution in [2.45, 2.75) is 61.8 Å². The first-order chi connectivity index (χ1) is 11.4. The summed E-state index contributed by atoms with van der Waals surface area (Å²) in [6.07, 6.45) is 0.317. The molecule has 0 unspecified atom stereocenters. The highest BCUT2D eigenvalue weighted by Gasteiger charge is 2.20. The molecule has 0 aliphatic rings. The number of benzene rings is 2. The average molecular weight is 328 g/mol. The van der Waals surface area contributed by atoms with Gasteiger partial charge in [-0.05, 0) is 55.5 Å². The van der Waals surface area contributed by atoms with Gasteiger partial charge in [0, 0.05) is 6.42 Å². The largest absolute Gasteiger partial charge is 0.507 e. The third-order valence-corrected chi connectivity index (χ3v) is 4.14. The predicted molar refractivity (Wildman–Crippen MR) is 104 cm³/mol. The third-order valence-electron chi connectivity index (χ3n) is 4.14. The van der Waals surface area contributed by atoms with Gasteiger partial charge in [0.1, 0.15) is 5.75 Å². The number of phenolic OH excluding ortho intramolecular Hbond substituents is 1. The van der Waals surface area contributed by atoms with Gasteiger partial charge in [-0.2, -0.15) is 0 Å². The zero-order valence-electron chi connectivity index (χ0n) is 16.4. The Balaban J connectivity index is 0.00000123. The number of carbonyl (C=O) groups excluding carboxylic acids is 1. The Bertz CT molecular complexity index is 626. The normalized spacial score (nSPS) is 9.33. The van der Waals surface area contributed by atoms with E-state index in [0.29, 0.717) is 12.0 Å². The molecule has 0 bridgehead atoms. The zero-order valence-corrected chi connectivity index (χ0v) is 16.4. The van der Waals surface area contributed by atoms with E-state index in [1.807, 2.05) is 85.7 Å². The topological polar surface area (TPSA) is 37.3 Å². The summed E-state index contributed by atoms with van der Waals surface area (Å²) < 4.78 is 0. The monoisotopic (exact) mass is 328 g/mol. The number of Topliss-reactive ketones (excluding diaryl/α,β-unsaturated/α-hetero) is 1. The smallest absolute Gasteiger partial charge is 0.171 e. The van der Waals surface area contributed by atoms with Gasteiger partial charge in [-0.3, -0.25) is 4.79 Å². The Morgan fingerprint density at radius 3 is 1.75 bits per heavy atom. The molecule has 0 heterocycles. The first-order valence-corrected chi connectivity index (χ1v) is 8.80. The van der Waals surface area contributed by atoms with Crippen molar-refractivity contribution in [1.29, 1.82) is 0 Å². The molecule has 0 aliphatic carbocycles. The molecule has 2 aromatic rings. The molecule has 0 fully saturated rings. The number of phenols is 1. The number of hydrogen-bond acceptors (Lipinski definition) is 2. The van der Waals surface area contributed by atoms with Gasteiger partial charge in [0.25, 0.3) is 0 Å². The van der Waals surface area contributed by atoms with E-state index in [9.17, 15) is 9.90 Å². The molecule has 132 valence electrons. The van der Waals surface area contributed by atoms with E-state index in [-0.39, 0.29) is 11.5 Å². The van der Waals surface area contributed by atoms with E-state index in [1.54, 1.807) is 0 Å². The van der Waals surface area contributed by atoms with Gasteiger partial charge < -0.3 is 5.11 Å². The van der Waals surface area contributed by atoms with Crippen LogP contribution in [-0.4, -0.2) is 10.9 Å². The summed E-state index contributed by atoms with van der Waals surface area (Å²) in [6.45, 7) is 15.7. The van der Waals surface area contributed by atoms with Gasteiger partial charge in [0.05, 0.1) is 5.56 Å². The molecule has 0 atom stereocenters. The highest BCUT2D eigenvalue weighted by molar-refractivity contribution is 6.02. The van der Waals surface area contributed by atoms with Crippen LogP contribution < -0.4 is 0 Å². The molecule has 2 aromatic carbocycles. The van der Waals surface area contributed by atoms with Crippen LogP contribution in [0.1, 0.15) is 65.9 Å². The van der Waals surface area contributed by atoms with Gasteiger partial charge in [0.2, 0.25) is 0 Å². The molecule has 24 heavy (non-hydrogen) atoms. The van der Waals surface area contributed by atoms with E-state index in [4.69, 9.17) is 0 Å². The first kappa shape index (κ1) is 21.9. The molecule has 0 amide bonds. The molecule has 2 heteroatoms. The number of hydrogen-bond donors (Lipinski definition) is 1. The third kappa shape index (κ3) is 4.95. The van der Waals surface area contributed by atoms with Crippen LogP contribution in [0.4, 0.5) is 0 Å². The minimum Gasteiger partial charge on any atom is -0.507 e. The van der Waals surface area contributed by atoms with Crippen molar-refractivity contribution < 1.29 is 9.90 Å². The van der Waals surface area contributed by atoms with Gasteiger partial charge in [0.15, 0.2) is 5.78 Å². The van der Waals surface area contributed by atoms with Crippen LogP contribution in [0.5, 0.6) is 5.75 Å². The van der Waals surface area contributed by atoms with Crippen LogP contribution in [0.25, 0.3) is 0 Å². The van der Waals surface area contributed by atoms with Gasteiger partial charge in [-0.25, -0.2) is 0 Å². The maximum Gasteiger partial charge on any atom is 0.171 e. The van der Waals surface area contributed by atoms with Crippen LogP contribution in [0, 0.1) is 27.7 Å². The van der Waals surface area contributed by atoms with Crippen molar-refractivity contribution in [1.82, 2.24) is 0 Å². The van der Waals surface area contributed by atoms with E-state index in [0.717, 1.165) is 27.8 Å². The fourth-order valence-electron chi connectivity index (χ4n) is 2.50. The molecular weight excluding hydrogens is 296 g/mol. The summed E-state index contributed by atoms with van der Waals surface area (Å²) in [5.74, 6) is 0.101. The second-order valence-electron chi connectivity index (χ2n) is 5.31. The average Bonchev–Trinajstić information content (AvgIpc) is 2.62. The van der Waals surface area contributed by atoms with E-state index < -0.39 is 0 Å². The van der Waals surface area contributed by atoms with Gasteiger partial charge in [-0.15, -0.1) is 0 Å². The molecule has 2 rings (SSSR count). The summed E-state index contributed by atoms with van der Waals surface area (Å²) in [7, 11) is 0. The Morgan fingerprint density at radius 2 is 1.25 bits per heavy atom. The molecule has 0 aromatic heterocycles. The highest BCUT2D eigenvalue weighted by atomic mass is 16.3. The molecule has 0 aliphatic heterocycles. The van der Waals surface area contributed by atoms with Crippen LogP contribution in [-0.2, 0) is 6.42 Å². The number of ketones is 1. The molecule has 1 N–H and O–H groups in total. The number of aromatic hydroxyl groups is 1. The van der Waals surface area contributed by atoms with Crippen LogP contribution in [0.15, 0.2) is 30.3 Å². The lowest BCUT2D eigenvalue weighted by Crippen LogP contribution is -2.09. The second-order valence-corrected chi connectivity index (χ2v) is 5.31. The summed E-state index contributed by atoms with van der Waals surface area (Å²) in [4.78, 5) is 12.5. The first-order valence-electron chi connectivity index (χ1n) is 8.80. The molecular formula is C22H32O2. The van der Waals surface area contributed by atoms with Crippen molar-refractivity contribution >= 4 is 5.78 Å². The van der Waals surface area contributed by atoms with E-state index >= 15 is 0 Å².